The minimum Gasteiger partial charge on any atom is -0.118 e. The summed E-state index contributed by atoms with van der Waals surface area (Å²) >= 11 is 5.93. The Kier molecular flexibility index (Phi) is 4.88. The maximum absolute atomic E-state index is 5.93. The summed E-state index contributed by atoms with van der Waals surface area (Å²) in [5.74, 6) is 0. The van der Waals surface area contributed by atoms with E-state index in [4.69, 9.17) is 11.6 Å². The molecule has 0 aliphatic heterocycles. The predicted octanol–water partition coefficient (Wildman–Crippen LogP) is 3.36. The predicted molar refractivity (Wildman–Crippen MR) is 44.0 cm³/mol. The normalized spacial score (nSPS) is 15.8. The maximum Gasteiger partial charge on any atom is 0.0539 e. The van der Waals surface area contributed by atoms with Crippen LogP contribution in [-0.4, -0.2) is 5.38 Å². The minimum atomic E-state index is 0.255. The van der Waals surface area contributed by atoms with Crippen LogP contribution in [0, 0.1) is 0 Å². The largest absolute Gasteiger partial charge is 0.118 e. The lowest BCUT2D eigenvalue weighted by atomic mass is 10.1. The zero-order valence-electron chi connectivity index (χ0n) is 6.45. The number of hydrogen-bond acceptors (Lipinski definition) is 0. The summed E-state index contributed by atoms with van der Waals surface area (Å²) in [6, 6.07) is 0. The summed E-state index contributed by atoms with van der Waals surface area (Å²) in [6.45, 7) is 6.32. The topological polar surface area (TPSA) is 0 Å². The summed E-state index contributed by atoms with van der Waals surface area (Å²) in [5.41, 5.74) is 1.31. The molecule has 0 aromatic rings. The lowest BCUT2D eigenvalue weighted by molar-refractivity contribution is 0.904. The Morgan fingerprint density at radius 1 is 1.56 bits per heavy atom. The van der Waals surface area contributed by atoms with E-state index in [9.17, 15) is 0 Å². The zero-order chi connectivity index (χ0) is 7.28. The molecule has 0 rings (SSSR count). The van der Waals surface area contributed by atoms with Crippen LogP contribution in [0.25, 0.3) is 0 Å². The van der Waals surface area contributed by atoms with Gasteiger partial charge in [-0.2, -0.15) is 0 Å². The third-order valence-electron chi connectivity index (χ3n) is 1.38. The molecule has 0 N–H and O–H groups in total. The van der Waals surface area contributed by atoms with Gasteiger partial charge in [0.25, 0.3) is 0 Å². The van der Waals surface area contributed by atoms with Crippen LogP contribution in [0.4, 0.5) is 0 Å². The number of alkyl halides is 1. The average molecular weight is 147 g/mol. The van der Waals surface area contributed by atoms with Gasteiger partial charge in [-0.05, 0) is 19.8 Å². The molecule has 0 spiro atoms. The molecule has 0 amide bonds. The van der Waals surface area contributed by atoms with E-state index >= 15 is 0 Å². The SMILES string of the molecule is CCC=C(C)C(Cl)CC. The van der Waals surface area contributed by atoms with Crippen LogP contribution in [0.1, 0.15) is 33.6 Å². The summed E-state index contributed by atoms with van der Waals surface area (Å²) < 4.78 is 0. The van der Waals surface area contributed by atoms with E-state index in [-0.39, 0.29) is 5.38 Å². The molecule has 0 aromatic carbocycles. The van der Waals surface area contributed by atoms with Crippen molar-refractivity contribution in [2.75, 3.05) is 0 Å². The Labute approximate surface area is 62.9 Å². The monoisotopic (exact) mass is 146 g/mol. The van der Waals surface area contributed by atoms with Gasteiger partial charge in [-0.25, -0.2) is 0 Å². The Balaban J connectivity index is 3.70. The Bertz CT molecular complexity index is 94.7. The Morgan fingerprint density at radius 3 is 2.44 bits per heavy atom. The summed E-state index contributed by atoms with van der Waals surface area (Å²) in [5, 5.41) is 0.255. The van der Waals surface area contributed by atoms with Crippen LogP contribution in [-0.2, 0) is 0 Å². The van der Waals surface area contributed by atoms with Crippen LogP contribution in [0.3, 0.4) is 0 Å². The number of allylic oxidation sites excluding steroid dienone is 2. The second-order valence-corrected chi connectivity index (χ2v) is 2.76. The van der Waals surface area contributed by atoms with Crippen molar-refractivity contribution in [3.8, 4) is 0 Å². The molecule has 54 valence electrons. The highest BCUT2D eigenvalue weighted by Crippen LogP contribution is 2.12. The Hall–Kier alpha value is 0.0300. The average Bonchev–Trinajstić information content (AvgIpc) is 1.87. The van der Waals surface area contributed by atoms with Crippen LogP contribution in [0.15, 0.2) is 11.6 Å². The number of rotatable bonds is 3. The second-order valence-electron chi connectivity index (χ2n) is 2.23. The second kappa shape index (κ2) is 4.87. The van der Waals surface area contributed by atoms with E-state index in [1.54, 1.807) is 0 Å². The molecule has 0 nitrogen and oxygen atoms in total. The van der Waals surface area contributed by atoms with Crippen molar-refractivity contribution < 1.29 is 0 Å². The summed E-state index contributed by atoms with van der Waals surface area (Å²) in [7, 11) is 0. The molecular formula is C8H15Cl. The third-order valence-corrected chi connectivity index (χ3v) is 2.03. The van der Waals surface area contributed by atoms with Crippen LogP contribution >= 0.6 is 11.6 Å². The lowest BCUT2D eigenvalue weighted by Gasteiger charge is -2.04. The molecule has 0 saturated heterocycles. The number of halogens is 1. The first-order valence-electron chi connectivity index (χ1n) is 3.53. The first-order valence-corrected chi connectivity index (χ1v) is 3.96. The fourth-order valence-corrected chi connectivity index (χ4v) is 0.861. The van der Waals surface area contributed by atoms with Gasteiger partial charge in [-0.3, -0.25) is 0 Å². The molecule has 0 bridgehead atoms. The molecule has 0 aliphatic carbocycles. The van der Waals surface area contributed by atoms with Gasteiger partial charge >= 0.3 is 0 Å². The van der Waals surface area contributed by atoms with Crippen LogP contribution in [0.5, 0.6) is 0 Å². The third kappa shape index (κ3) is 3.58. The zero-order valence-corrected chi connectivity index (χ0v) is 7.20. The van der Waals surface area contributed by atoms with Crippen molar-refractivity contribution in [3.05, 3.63) is 11.6 Å². The van der Waals surface area contributed by atoms with Gasteiger partial charge < -0.3 is 0 Å². The molecule has 0 fully saturated rings. The smallest absolute Gasteiger partial charge is 0.0539 e. The summed E-state index contributed by atoms with van der Waals surface area (Å²) in [6.07, 6.45) is 4.31. The molecule has 0 aliphatic rings. The van der Waals surface area contributed by atoms with Gasteiger partial charge in [-0.1, -0.05) is 25.5 Å². The molecule has 1 atom stereocenters. The molecule has 0 radical (unpaired) electrons. The van der Waals surface area contributed by atoms with Gasteiger partial charge in [0.05, 0.1) is 5.38 Å². The highest BCUT2D eigenvalue weighted by Gasteiger charge is 2.00. The van der Waals surface area contributed by atoms with Gasteiger partial charge in [0.1, 0.15) is 0 Å². The molecule has 9 heavy (non-hydrogen) atoms. The van der Waals surface area contributed by atoms with E-state index < -0.39 is 0 Å². The van der Waals surface area contributed by atoms with Crippen molar-refractivity contribution in [1.82, 2.24) is 0 Å². The highest BCUT2D eigenvalue weighted by molar-refractivity contribution is 6.22. The van der Waals surface area contributed by atoms with E-state index in [1.807, 2.05) is 0 Å². The molecule has 0 aromatic heterocycles. The Morgan fingerprint density at radius 2 is 2.11 bits per heavy atom. The van der Waals surface area contributed by atoms with E-state index in [0.29, 0.717) is 0 Å². The van der Waals surface area contributed by atoms with Crippen LogP contribution < -0.4 is 0 Å². The van der Waals surface area contributed by atoms with E-state index in [1.165, 1.54) is 5.57 Å². The van der Waals surface area contributed by atoms with Crippen LogP contribution in [0.2, 0.25) is 0 Å². The highest BCUT2D eigenvalue weighted by atomic mass is 35.5. The van der Waals surface area contributed by atoms with Crippen molar-refractivity contribution in [2.45, 2.75) is 39.0 Å². The minimum absolute atomic E-state index is 0.255. The first kappa shape index (κ1) is 9.03. The van der Waals surface area contributed by atoms with Gasteiger partial charge in [-0.15, -0.1) is 11.6 Å². The molecule has 1 heteroatoms. The molecule has 0 saturated carbocycles. The van der Waals surface area contributed by atoms with Crippen molar-refractivity contribution >= 4 is 11.6 Å². The van der Waals surface area contributed by atoms with Gasteiger partial charge in [0, 0.05) is 0 Å². The first-order chi connectivity index (χ1) is 4.22. The van der Waals surface area contributed by atoms with Crippen molar-refractivity contribution in [1.29, 1.82) is 0 Å². The van der Waals surface area contributed by atoms with Gasteiger partial charge in [0.15, 0.2) is 0 Å². The van der Waals surface area contributed by atoms with E-state index in [2.05, 4.69) is 26.8 Å². The lowest BCUT2D eigenvalue weighted by Crippen LogP contribution is -1.96. The molecule has 1 unspecified atom stereocenters. The summed E-state index contributed by atoms with van der Waals surface area (Å²) in [4.78, 5) is 0. The maximum atomic E-state index is 5.93. The number of hydrogen-bond donors (Lipinski definition) is 0. The molecule has 0 heterocycles. The fourth-order valence-electron chi connectivity index (χ4n) is 0.772. The van der Waals surface area contributed by atoms with E-state index in [0.717, 1.165) is 12.8 Å². The van der Waals surface area contributed by atoms with Crippen molar-refractivity contribution in [2.24, 2.45) is 0 Å². The molecular weight excluding hydrogens is 132 g/mol. The quantitative estimate of drug-likeness (QED) is 0.423. The standard InChI is InChI=1S/C8H15Cl/c1-4-6-7(3)8(9)5-2/h6,8H,4-5H2,1-3H3. The van der Waals surface area contributed by atoms with Crippen molar-refractivity contribution in [3.63, 3.8) is 0 Å². The van der Waals surface area contributed by atoms with Gasteiger partial charge in [0.2, 0.25) is 0 Å². The fraction of sp³-hybridized carbons (Fsp3) is 0.750.